The molecule has 3 heterocycles. The van der Waals surface area contributed by atoms with E-state index in [2.05, 4.69) is 5.10 Å². The van der Waals surface area contributed by atoms with E-state index in [1.807, 2.05) is 20.0 Å². The molecule has 0 amide bonds. The molecule has 1 aliphatic rings. The zero-order valence-electron chi connectivity index (χ0n) is 13.0. The number of hydrogen-bond donors (Lipinski definition) is 0. The van der Waals surface area contributed by atoms with Crippen LogP contribution in [-0.4, -0.2) is 22.5 Å². The fourth-order valence-corrected chi connectivity index (χ4v) is 3.93. The topological polar surface area (TPSA) is 62.6 Å². The van der Waals surface area contributed by atoms with Gasteiger partial charge in [0.1, 0.15) is 16.3 Å². The number of carbonyl (C=O) groups is 1. The second kappa shape index (κ2) is 5.68. The van der Waals surface area contributed by atoms with Crippen LogP contribution in [0.5, 0.6) is 11.5 Å². The summed E-state index contributed by atoms with van der Waals surface area (Å²) in [5.41, 5.74) is 1.64. The summed E-state index contributed by atoms with van der Waals surface area (Å²) in [5.74, 6) is 0.723. The third kappa shape index (κ3) is 2.50. The van der Waals surface area contributed by atoms with E-state index in [9.17, 15) is 4.79 Å². The lowest BCUT2D eigenvalue weighted by Crippen LogP contribution is -2.03. The molecule has 0 atom stereocenters. The van der Waals surface area contributed by atoms with E-state index in [1.54, 1.807) is 16.8 Å². The van der Waals surface area contributed by atoms with Crippen molar-refractivity contribution < 1.29 is 19.0 Å². The standard InChI is InChI=1S/C16H13ClN2O4S/c1-8-10-5-13(24-15(10)19(2)18-8)16(20)21-6-9-3-11(17)14-12(4-9)22-7-23-14/h3-5H,6-7H2,1-2H3. The third-order valence-electron chi connectivity index (χ3n) is 3.75. The average Bonchev–Trinajstić information content (AvgIpc) is 3.23. The van der Waals surface area contributed by atoms with Crippen LogP contribution in [0.25, 0.3) is 10.2 Å². The molecule has 0 unspecified atom stereocenters. The highest BCUT2D eigenvalue weighted by atomic mass is 35.5. The first-order valence-corrected chi connectivity index (χ1v) is 8.40. The van der Waals surface area contributed by atoms with Gasteiger partial charge >= 0.3 is 5.97 Å². The van der Waals surface area contributed by atoms with Gasteiger partial charge in [0.25, 0.3) is 0 Å². The van der Waals surface area contributed by atoms with Gasteiger partial charge in [-0.3, -0.25) is 4.68 Å². The molecule has 0 aliphatic carbocycles. The number of carbonyl (C=O) groups excluding carboxylic acids is 1. The summed E-state index contributed by atoms with van der Waals surface area (Å²) in [4.78, 5) is 13.8. The number of benzene rings is 1. The minimum atomic E-state index is -0.371. The van der Waals surface area contributed by atoms with Gasteiger partial charge in [0.15, 0.2) is 11.5 Å². The van der Waals surface area contributed by atoms with Crippen LogP contribution in [-0.2, 0) is 18.4 Å². The van der Waals surface area contributed by atoms with Crippen molar-refractivity contribution in [2.45, 2.75) is 13.5 Å². The molecule has 3 aromatic rings. The predicted molar refractivity (Wildman–Crippen MR) is 90.0 cm³/mol. The molecule has 0 spiro atoms. The van der Waals surface area contributed by atoms with E-state index in [0.717, 1.165) is 21.5 Å². The molecular weight excluding hydrogens is 352 g/mol. The van der Waals surface area contributed by atoms with Gasteiger partial charge in [-0.15, -0.1) is 11.3 Å². The summed E-state index contributed by atoms with van der Waals surface area (Å²) in [7, 11) is 1.86. The molecular formula is C16H13ClN2O4S. The molecule has 0 N–H and O–H groups in total. The predicted octanol–water partition coefficient (Wildman–Crippen LogP) is 3.68. The maximum Gasteiger partial charge on any atom is 0.348 e. The summed E-state index contributed by atoms with van der Waals surface area (Å²) in [6.07, 6.45) is 0. The minimum absolute atomic E-state index is 0.112. The van der Waals surface area contributed by atoms with Gasteiger partial charge in [0.2, 0.25) is 6.79 Å². The molecule has 8 heteroatoms. The van der Waals surface area contributed by atoms with Gasteiger partial charge in [0, 0.05) is 12.4 Å². The highest BCUT2D eigenvalue weighted by Crippen LogP contribution is 2.40. The number of ether oxygens (including phenoxy) is 3. The van der Waals surface area contributed by atoms with E-state index in [0.29, 0.717) is 21.4 Å². The van der Waals surface area contributed by atoms with E-state index in [4.69, 9.17) is 25.8 Å². The van der Waals surface area contributed by atoms with Crippen molar-refractivity contribution in [3.05, 3.63) is 39.4 Å². The van der Waals surface area contributed by atoms with Crippen LogP contribution >= 0.6 is 22.9 Å². The zero-order valence-corrected chi connectivity index (χ0v) is 14.5. The first kappa shape index (κ1) is 15.3. The summed E-state index contributed by atoms with van der Waals surface area (Å²) in [6.45, 7) is 2.17. The van der Waals surface area contributed by atoms with Crippen molar-refractivity contribution in [1.29, 1.82) is 0 Å². The Morgan fingerprint density at radius 1 is 1.42 bits per heavy atom. The molecule has 0 saturated carbocycles. The monoisotopic (exact) mass is 364 g/mol. The molecule has 24 heavy (non-hydrogen) atoms. The first-order chi connectivity index (χ1) is 11.5. The van der Waals surface area contributed by atoms with Crippen molar-refractivity contribution in [2.75, 3.05) is 6.79 Å². The average molecular weight is 365 g/mol. The van der Waals surface area contributed by atoms with Gasteiger partial charge in [-0.05, 0) is 30.7 Å². The lowest BCUT2D eigenvalue weighted by atomic mass is 10.2. The van der Waals surface area contributed by atoms with Crippen molar-refractivity contribution in [2.24, 2.45) is 7.05 Å². The highest BCUT2D eigenvalue weighted by molar-refractivity contribution is 7.20. The number of nitrogens with zero attached hydrogens (tertiary/aromatic N) is 2. The van der Waals surface area contributed by atoms with Crippen molar-refractivity contribution in [1.82, 2.24) is 9.78 Å². The number of aryl methyl sites for hydroxylation is 2. The van der Waals surface area contributed by atoms with E-state index in [1.165, 1.54) is 11.3 Å². The second-order valence-electron chi connectivity index (χ2n) is 5.43. The highest BCUT2D eigenvalue weighted by Gasteiger charge is 2.20. The Morgan fingerprint density at radius 3 is 3.04 bits per heavy atom. The van der Waals surface area contributed by atoms with Crippen LogP contribution in [0.15, 0.2) is 18.2 Å². The number of rotatable bonds is 3. The Balaban J connectivity index is 1.52. The summed E-state index contributed by atoms with van der Waals surface area (Å²) < 4.78 is 17.7. The maximum absolute atomic E-state index is 12.3. The number of aromatic nitrogens is 2. The van der Waals surface area contributed by atoms with Gasteiger partial charge in [-0.25, -0.2) is 4.79 Å². The maximum atomic E-state index is 12.3. The van der Waals surface area contributed by atoms with Crippen molar-refractivity contribution in [3.63, 3.8) is 0 Å². The smallest absolute Gasteiger partial charge is 0.348 e. The summed E-state index contributed by atoms with van der Waals surface area (Å²) >= 11 is 7.49. The molecule has 1 aliphatic heterocycles. The van der Waals surface area contributed by atoms with Gasteiger partial charge in [0.05, 0.1) is 10.7 Å². The molecule has 2 aromatic heterocycles. The fraction of sp³-hybridized carbons (Fsp3) is 0.250. The minimum Gasteiger partial charge on any atom is -0.457 e. The quantitative estimate of drug-likeness (QED) is 0.663. The largest absolute Gasteiger partial charge is 0.457 e. The van der Waals surface area contributed by atoms with Gasteiger partial charge < -0.3 is 14.2 Å². The molecule has 4 rings (SSSR count). The third-order valence-corrected chi connectivity index (χ3v) is 5.22. The lowest BCUT2D eigenvalue weighted by molar-refractivity contribution is 0.0478. The number of fused-ring (bicyclic) bond motifs is 2. The Hall–Kier alpha value is -2.25. The van der Waals surface area contributed by atoms with Crippen LogP contribution in [0, 0.1) is 6.92 Å². The molecule has 124 valence electrons. The van der Waals surface area contributed by atoms with Crippen LogP contribution in [0.2, 0.25) is 5.02 Å². The summed E-state index contributed by atoms with van der Waals surface area (Å²) in [5, 5.41) is 5.74. The van der Waals surface area contributed by atoms with Crippen LogP contribution in [0.4, 0.5) is 0 Å². The summed E-state index contributed by atoms with van der Waals surface area (Å²) in [6, 6.07) is 5.29. The Bertz CT molecular complexity index is 928. The van der Waals surface area contributed by atoms with Gasteiger partial charge in [-0.2, -0.15) is 5.10 Å². The van der Waals surface area contributed by atoms with Crippen LogP contribution < -0.4 is 9.47 Å². The first-order valence-electron chi connectivity index (χ1n) is 7.21. The normalized spacial score (nSPS) is 12.8. The van der Waals surface area contributed by atoms with Crippen LogP contribution in [0.1, 0.15) is 20.9 Å². The lowest BCUT2D eigenvalue weighted by Gasteiger charge is -2.06. The van der Waals surface area contributed by atoms with Crippen LogP contribution in [0.3, 0.4) is 0 Å². The molecule has 0 saturated heterocycles. The second-order valence-corrected chi connectivity index (χ2v) is 6.86. The Morgan fingerprint density at radius 2 is 2.25 bits per heavy atom. The molecule has 0 fully saturated rings. The Labute approximate surface area is 146 Å². The Kier molecular flexibility index (Phi) is 3.62. The number of hydrogen-bond acceptors (Lipinski definition) is 6. The number of thiophene rings is 1. The zero-order chi connectivity index (χ0) is 16.8. The molecule has 0 bridgehead atoms. The molecule has 1 aromatic carbocycles. The van der Waals surface area contributed by atoms with Crippen molar-refractivity contribution in [3.8, 4) is 11.5 Å². The van der Waals surface area contributed by atoms with Gasteiger partial charge in [-0.1, -0.05) is 11.6 Å². The van der Waals surface area contributed by atoms with E-state index in [-0.39, 0.29) is 19.4 Å². The van der Waals surface area contributed by atoms with Crippen molar-refractivity contribution >= 4 is 39.1 Å². The fourth-order valence-electron chi connectivity index (χ4n) is 2.63. The molecule has 0 radical (unpaired) electrons. The van der Waals surface area contributed by atoms with E-state index < -0.39 is 0 Å². The van der Waals surface area contributed by atoms with E-state index >= 15 is 0 Å². The number of esters is 1. The molecule has 6 nitrogen and oxygen atoms in total. The number of halogens is 1. The SMILES string of the molecule is Cc1nn(C)c2sc(C(=O)OCc3cc(Cl)c4c(c3)OCO4)cc12.